The summed E-state index contributed by atoms with van der Waals surface area (Å²) >= 11 is 3.31. The van der Waals surface area contributed by atoms with E-state index in [1.165, 1.54) is 0 Å². The van der Waals surface area contributed by atoms with E-state index in [9.17, 15) is 14.4 Å². The maximum Gasteiger partial charge on any atom is 0.325 e. The summed E-state index contributed by atoms with van der Waals surface area (Å²) in [4.78, 5) is 48.3. The first kappa shape index (κ1) is 20.8. The SMILES string of the molecule is O=C(CN1C(=O)NC2(CCCc3sccc32)C1=O)N1CCCC(c2nc3ccccc3s2)C1. The van der Waals surface area contributed by atoms with Gasteiger partial charge >= 0.3 is 6.03 Å². The summed E-state index contributed by atoms with van der Waals surface area (Å²) in [5.41, 5.74) is 0.892. The molecule has 3 aromatic rings. The van der Waals surface area contributed by atoms with Gasteiger partial charge < -0.3 is 10.2 Å². The van der Waals surface area contributed by atoms with Gasteiger partial charge in [-0.3, -0.25) is 14.5 Å². The number of piperidine rings is 1. The number of hydrogen-bond acceptors (Lipinski definition) is 6. The van der Waals surface area contributed by atoms with E-state index in [1.54, 1.807) is 27.6 Å². The van der Waals surface area contributed by atoms with E-state index < -0.39 is 11.6 Å². The number of nitrogens with zero attached hydrogens (tertiary/aromatic N) is 3. The number of hydrogen-bond donors (Lipinski definition) is 1. The van der Waals surface area contributed by atoms with Gasteiger partial charge in [-0.2, -0.15) is 0 Å². The number of fused-ring (bicyclic) bond motifs is 3. The maximum atomic E-state index is 13.4. The van der Waals surface area contributed by atoms with Crippen LogP contribution in [0.15, 0.2) is 35.7 Å². The van der Waals surface area contributed by atoms with E-state index in [1.807, 2.05) is 29.6 Å². The second-order valence-electron chi connectivity index (χ2n) is 9.04. The smallest absolute Gasteiger partial charge is 0.325 e. The molecular formula is C24H24N4O3S2. The van der Waals surface area contributed by atoms with Crippen LogP contribution < -0.4 is 5.32 Å². The molecule has 2 aromatic heterocycles. The molecule has 1 aliphatic carbocycles. The number of imide groups is 1. The van der Waals surface area contributed by atoms with Crippen LogP contribution >= 0.6 is 22.7 Å². The molecule has 9 heteroatoms. The average molecular weight is 481 g/mol. The van der Waals surface area contributed by atoms with Gasteiger partial charge in [0, 0.05) is 29.4 Å². The first-order chi connectivity index (χ1) is 16.0. The van der Waals surface area contributed by atoms with Crippen molar-refractivity contribution < 1.29 is 14.4 Å². The van der Waals surface area contributed by atoms with Crippen LogP contribution in [-0.4, -0.2) is 52.3 Å². The van der Waals surface area contributed by atoms with Crippen LogP contribution in [0.2, 0.25) is 0 Å². The molecule has 2 unspecified atom stereocenters. The Morgan fingerprint density at radius 3 is 2.97 bits per heavy atom. The van der Waals surface area contributed by atoms with Gasteiger partial charge in [0.25, 0.3) is 5.91 Å². The molecule has 1 spiro atoms. The Kier molecular flexibility index (Phi) is 4.99. The zero-order valence-electron chi connectivity index (χ0n) is 18.1. The lowest BCUT2D eigenvalue weighted by molar-refractivity contribution is -0.140. The number of benzene rings is 1. The third-order valence-electron chi connectivity index (χ3n) is 7.06. The first-order valence-electron chi connectivity index (χ1n) is 11.4. The average Bonchev–Trinajstić information content (AvgIpc) is 3.54. The molecule has 2 atom stereocenters. The van der Waals surface area contributed by atoms with Gasteiger partial charge in [0.05, 0.1) is 15.2 Å². The predicted octanol–water partition coefficient (Wildman–Crippen LogP) is 3.85. The third-order valence-corrected chi connectivity index (χ3v) is 9.24. The van der Waals surface area contributed by atoms with Gasteiger partial charge in [0.1, 0.15) is 12.1 Å². The van der Waals surface area contributed by atoms with Crippen LogP contribution in [0.3, 0.4) is 0 Å². The lowest BCUT2D eigenvalue weighted by atomic mass is 9.80. The number of carbonyl (C=O) groups excluding carboxylic acids is 3. The van der Waals surface area contributed by atoms with Crippen molar-refractivity contribution in [3.05, 3.63) is 51.2 Å². The van der Waals surface area contributed by atoms with Gasteiger partial charge in [0.15, 0.2) is 0 Å². The van der Waals surface area contributed by atoms with Crippen molar-refractivity contribution >= 4 is 50.7 Å². The molecule has 1 aromatic carbocycles. The molecule has 33 heavy (non-hydrogen) atoms. The molecule has 2 saturated heterocycles. The topological polar surface area (TPSA) is 82.6 Å². The van der Waals surface area contributed by atoms with Gasteiger partial charge in [-0.05, 0) is 55.7 Å². The summed E-state index contributed by atoms with van der Waals surface area (Å²) in [5, 5.41) is 5.96. The number of aromatic nitrogens is 1. The Morgan fingerprint density at radius 1 is 1.21 bits per heavy atom. The Morgan fingerprint density at radius 2 is 2.09 bits per heavy atom. The number of nitrogens with one attached hydrogen (secondary N) is 1. The zero-order valence-corrected chi connectivity index (χ0v) is 19.7. The molecule has 2 aliphatic heterocycles. The molecule has 6 rings (SSSR count). The zero-order chi connectivity index (χ0) is 22.6. The van der Waals surface area contributed by atoms with Crippen molar-refractivity contribution in [2.45, 2.75) is 43.6 Å². The highest BCUT2D eigenvalue weighted by Gasteiger charge is 2.54. The quantitative estimate of drug-likeness (QED) is 0.578. The summed E-state index contributed by atoms with van der Waals surface area (Å²) in [6, 6.07) is 9.55. The summed E-state index contributed by atoms with van der Waals surface area (Å²) in [6.45, 7) is 1.00. The first-order valence-corrected chi connectivity index (χ1v) is 13.1. The van der Waals surface area contributed by atoms with Crippen LogP contribution in [0.25, 0.3) is 10.2 Å². The van der Waals surface area contributed by atoms with Crippen molar-refractivity contribution in [3.63, 3.8) is 0 Å². The predicted molar refractivity (Wildman–Crippen MR) is 127 cm³/mol. The van der Waals surface area contributed by atoms with E-state index in [0.717, 1.165) is 56.2 Å². The number of amides is 4. The highest BCUT2D eigenvalue weighted by molar-refractivity contribution is 7.18. The van der Waals surface area contributed by atoms with Crippen LogP contribution in [0.1, 0.15) is 47.0 Å². The van der Waals surface area contributed by atoms with Crippen molar-refractivity contribution in [1.29, 1.82) is 0 Å². The maximum absolute atomic E-state index is 13.4. The molecule has 0 saturated carbocycles. The van der Waals surface area contributed by atoms with E-state index in [2.05, 4.69) is 11.4 Å². The fraction of sp³-hybridized carbons (Fsp3) is 0.417. The van der Waals surface area contributed by atoms with E-state index in [0.29, 0.717) is 19.5 Å². The Bertz CT molecular complexity index is 1230. The number of likely N-dealkylation sites (tertiary alicyclic amines) is 1. The molecule has 2 fully saturated rings. The summed E-state index contributed by atoms with van der Waals surface area (Å²) in [6.07, 6.45) is 4.22. The van der Waals surface area contributed by atoms with Gasteiger partial charge in [-0.1, -0.05) is 12.1 Å². The minimum atomic E-state index is -1.00. The monoisotopic (exact) mass is 480 g/mol. The molecule has 0 bridgehead atoms. The fourth-order valence-electron chi connectivity index (χ4n) is 5.39. The van der Waals surface area contributed by atoms with E-state index in [4.69, 9.17) is 4.98 Å². The normalized spacial score (nSPS) is 25.0. The van der Waals surface area contributed by atoms with Gasteiger partial charge in [-0.15, -0.1) is 22.7 Å². The second kappa shape index (κ2) is 7.92. The number of rotatable bonds is 3. The molecule has 170 valence electrons. The van der Waals surface area contributed by atoms with Gasteiger partial charge in [0.2, 0.25) is 5.91 Å². The Balaban J connectivity index is 1.18. The van der Waals surface area contributed by atoms with Crippen molar-refractivity contribution in [3.8, 4) is 0 Å². The van der Waals surface area contributed by atoms with E-state index >= 15 is 0 Å². The Hall–Kier alpha value is -2.78. The molecule has 4 heterocycles. The Labute approximate surface area is 199 Å². The summed E-state index contributed by atoms with van der Waals surface area (Å²) in [7, 11) is 0. The number of para-hydroxylation sites is 1. The van der Waals surface area contributed by atoms with Crippen molar-refractivity contribution in [1.82, 2.24) is 20.1 Å². The van der Waals surface area contributed by atoms with Crippen LogP contribution in [-0.2, 0) is 21.5 Å². The van der Waals surface area contributed by atoms with E-state index in [-0.39, 0.29) is 24.3 Å². The molecule has 1 N–H and O–H groups in total. The second-order valence-corrected chi connectivity index (χ2v) is 11.1. The highest BCUT2D eigenvalue weighted by atomic mass is 32.1. The molecule has 7 nitrogen and oxygen atoms in total. The molecule has 0 radical (unpaired) electrons. The van der Waals surface area contributed by atoms with Crippen molar-refractivity contribution in [2.24, 2.45) is 0 Å². The molecular weight excluding hydrogens is 456 g/mol. The third kappa shape index (κ3) is 3.36. The number of urea groups is 1. The van der Waals surface area contributed by atoms with Crippen LogP contribution in [0.5, 0.6) is 0 Å². The highest BCUT2D eigenvalue weighted by Crippen LogP contribution is 2.42. The lowest BCUT2D eigenvalue weighted by Gasteiger charge is -2.33. The minimum Gasteiger partial charge on any atom is -0.340 e. The summed E-state index contributed by atoms with van der Waals surface area (Å²) in [5.74, 6) is -0.288. The lowest BCUT2D eigenvalue weighted by Crippen LogP contribution is -2.48. The number of thiazole rings is 1. The van der Waals surface area contributed by atoms with Crippen molar-refractivity contribution in [2.75, 3.05) is 19.6 Å². The number of thiophene rings is 1. The van der Waals surface area contributed by atoms with Gasteiger partial charge in [-0.25, -0.2) is 9.78 Å². The summed E-state index contributed by atoms with van der Waals surface area (Å²) < 4.78 is 1.15. The van der Waals surface area contributed by atoms with Crippen LogP contribution in [0, 0.1) is 0 Å². The standard InChI is InChI=1S/C24H24N4O3S2/c29-20(27-11-4-5-15(13-27)21-25-17-6-1-2-7-19(17)33-21)14-28-22(30)24(26-23(28)31)10-3-8-18-16(24)9-12-32-18/h1-2,6-7,9,12,15H,3-5,8,10-11,13-14H2,(H,26,31). The number of carbonyl (C=O) groups is 3. The molecule has 4 amide bonds. The van der Waals surface area contributed by atoms with Crippen LogP contribution in [0.4, 0.5) is 4.79 Å². The minimum absolute atomic E-state index is 0.178. The number of aryl methyl sites for hydroxylation is 1. The fourth-order valence-corrected chi connectivity index (χ4v) is 7.48. The molecule has 3 aliphatic rings. The largest absolute Gasteiger partial charge is 0.340 e.